The molecule has 32 heavy (non-hydrogen) atoms. The van der Waals surface area contributed by atoms with Gasteiger partial charge in [0.05, 0.1) is 18.7 Å². The Hall–Kier alpha value is -3.32. The SMILES string of the molecule is CCCCN1C(=O)NC(c2cccc(Cl)c2)C(c2nc(-c3ccc(OC)cc3)no2)=C1C. The Labute approximate surface area is 192 Å². The summed E-state index contributed by atoms with van der Waals surface area (Å²) in [5.41, 5.74) is 3.20. The van der Waals surface area contributed by atoms with Gasteiger partial charge in [-0.1, -0.05) is 42.2 Å². The molecule has 3 aromatic rings. The van der Waals surface area contributed by atoms with Crippen LogP contribution in [-0.2, 0) is 0 Å². The quantitative estimate of drug-likeness (QED) is 0.497. The van der Waals surface area contributed by atoms with Crippen molar-refractivity contribution in [3.05, 3.63) is 70.7 Å². The lowest BCUT2D eigenvalue weighted by atomic mass is 9.94. The summed E-state index contributed by atoms with van der Waals surface area (Å²) in [6, 6.07) is 14.2. The second-order valence-corrected chi connectivity index (χ2v) is 8.03. The van der Waals surface area contributed by atoms with Crippen LogP contribution in [0.1, 0.15) is 44.2 Å². The lowest BCUT2D eigenvalue weighted by Gasteiger charge is -2.35. The maximum Gasteiger partial charge on any atom is 0.322 e. The third-order valence-corrected chi connectivity index (χ3v) is 5.75. The number of carbonyl (C=O) groups excluding carboxylic acids is 1. The molecular weight excluding hydrogens is 428 g/mol. The van der Waals surface area contributed by atoms with Crippen molar-refractivity contribution in [3.63, 3.8) is 0 Å². The molecule has 1 N–H and O–H groups in total. The number of halogens is 1. The van der Waals surface area contributed by atoms with Crippen LogP contribution in [-0.4, -0.2) is 34.7 Å². The number of allylic oxidation sites excluding steroid dienone is 1. The molecule has 0 bridgehead atoms. The lowest BCUT2D eigenvalue weighted by Crippen LogP contribution is -2.46. The van der Waals surface area contributed by atoms with Gasteiger partial charge in [0.15, 0.2) is 0 Å². The number of hydrogen-bond donors (Lipinski definition) is 1. The van der Waals surface area contributed by atoms with Gasteiger partial charge in [-0.3, -0.25) is 4.90 Å². The molecule has 0 saturated carbocycles. The van der Waals surface area contributed by atoms with E-state index in [4.69, 9.17) is 20.9 Å². The van der Waals surface area contributed by atoms with Gasteiger partial charge >= 0.3 is 6.03 Å². The number of benzene rings is 2. The molecular formula is C24H25ClN4O3. The van der Waals surface area contributed by atoms with Crippen LogP contribution in [0.2, 0.25) is 5.02 Å². The lowest BCUT2D eigenvalue weighted by molar-refractivity contribution is 0.204. The molecule has 2 amide bonds. The zero-order valence-electron chi connectivity index (χ0n) is 18.3. The molecule has 1 atom stereocenters. The summed E-state index contributed by atoms with van der Waals surface area (Å²) in [6.07, 6.45) is 1.87. The van der Waals surface area contributed by atoms with Gasteiger partial charge < -0.3 is 14.6 Å². The van der Waals surface area contributed by atoms with E-state index in [1.807, 2.05) is 49.4 Å². The number of unbranched alkanes of at least 4 members (excludes halogenated alkanes) is 1. The van der Waals surface area contributed by atoms with Gasteiger partial charge in [-0.05, 0) is 55.3 Å². The number of amides is 2. The Morgan fingerprint density at radius 1 is 1.22 bits per heavy atom. The minimum atomic E-state index is -0.455. The number of aromatic nitrogens is 2. The first kappa shape index (κ1) is 21.9. The normalized spacial score (nSPS) is 16.3. The fraction of sp³-hybridized carbons (Fsp3) is 0.292. The molecule has 166 valence electrons. The van der Waals surface area contributed by atoms with Gasteiger partial charge in [-0.25, -0.2) is 4.79 Å². The van der Waals surface area contributed by atoms with E-state index >= 15 is 0 Å². The Morgan fingerprint density at radius 3 is 2.69 bits per heavy atom. The molecule has 0 spiro atoms. The van der Waals surface area contributed by atoms with Crippen molar-refractivity contribution in [2.75, 3.05) is 13.7 Å². The predicted molar refractivity (Wildman–Crippen MR) is 123 cm³/mol. The predicted octanol–water partition coefficient (Wildman–Crippen LogP) is 5.70. The van der Waals surface area contributed by atoms with E-state index < -0.39 is 6.04 Å². The van der Waals surface area contributed by atoms with Gasteiger partial charge in [-0.2, -0.15) is 4.98 Å². The van der Waals surface area contributed by atoms with Crippen molar-refractivity contribution in [2.24, 2.45) is 0 Å². The monoisotopic (exact) mass is 452 g/mol. The number of nitrogens with one attached hydrogen (secondary N) is 1. The summed E-state index contributed by atoms with van der Waals surface area (Å²) in [7, 11) is 1.62. The molecule has 0 aliphatic carbocycles. The summed E-state index contributed by atoms with van der Waals surface area (Å²) in [5.74, 6) is 1.57. The molecule has 1 unspecified atom stereocenters. The van der Waals surface area contributed by atoms with E-state index in [-0.39, 0.29) is 6.03 Å². The average molecular weight is 453 g/mol. The van der Waals surface area contributed by atoms with Crippen molar-refractivity contribution < 1.29 is 14.1 Å². The van der Waals surface area contributed by atoms with E-state index in [0.29, 0.717) is 23.3 Å². The van der Waals surface area contributed by atoms with E-state index in [9.17, 15) is 4.79 Å². The smallest absolute Gasteiger partial charge is 0.322 e. The summed E-state index contributed by atoms with van der Waals surface area (Å²) in [5, 5.41) is 7.86. The van der Waals surface area contributed by atoms with E-state index in [2.05, 4.69) is 22.4 Å². The van der Waals surface area contributed by atoms with Gasteiger partial charge in [0.1, 0.15) is 5.75 Å². The van der Waals surface area contributed by atoms with Gasteiger partial charge in [-0.15, -0.1) is 0 Å². The fourth-order valence-electron chi connectivity index (χ4n) is 3.77. The van der Waals surface area contributed by atoms with E-state index in [0.717, 1.165) is 41.0 Å². The molecule has 7 nitrogen and oxygen atoms in total. The molecule has 1 aromatic heterocycles. The van der Waals surface area contributed by atoms with Gasteiger partial charge in [0, 0.05) is 22.8 Å². The van der Waals surface area contributed by atoms with Crippen molar-refractivity contribution in [3.8, 4) is 17.1 Å². The highest BCUT2D eigenvalue weighted by molar-refractivity contribution is 6.30. The molecule has 4 rings (SSSR count). The number of rotatable bonds is 7. The second kappa shape index (κ2) is 9.44. The maximum atomic E-state index is 12.9. The minimum absolute atomic E-state index is 0.153. The largest absolute Gasteiger partial charge is 0.497 e. The first-order valence-corrected chi connectivity index (χ1v) is 10.9. The van der Waals surface area contributed by atoms with Crippen molar-refractivity contribution in [2.45, 2.75) is 32.7 Å². The Morgan fingerprint density at radius 2 is 2.00 bits per heavy atom. The van der Waals surface area contributed by atoms with Crippen LogP contribution in [0.5, 0.6) is 5.75 Å². The van der Waals surface area contributed by atoms with Crippen molar-refractivity contribution >= 4 is 23.2 Å². The molecule has 0 saturated heterocycles. The summed E-state index contributed by atoms with van der Waals surface area (Å²) < 4.78 is 10.9. The molecule has 2 heterocycles. The third-order valence-electron chi connectivity index (χ3n) is 5.52. The van der Waals surface area contributed by atoms with E-state index in [1.165, 1.54) is 0 Å². The zero-order chi connectivity index (χ0) is 22.7. The third kappa shape index (κ3) is 4.34. The van der Waals surface area contributed by atoms with Crippen LogP contribution < -0.4 is 10.1 Å². The van der Waals surface area contributed by atoms with Crippen LogP contribution in [0.25, 0.3) is 17.0 Å². The number of nitrogens with zero attached hydrogens (tertiary/aromatic N) is 3. The average Bonchev–Trinajstić information content (AvgIpc) is 3.28. The highest BCUT2D eigenvalue weighted by atomic mass is 35.5. The highest BCUT2D eigenvalue weighted by Crippen LogP contribution is 2.38. The number of urea groups is 1. The molecule has 2 aromatic carbocycles. The summed E-state index contributed by atoms with van der Waals surface area (Å²) >= 11 is 6.24. The van der Waals surface area contributed by atoms with E-state index in [1.54, 1.807) is 18.1 Å². The van der Waals surface area contributed by atoms with Crippen molar-refractivity contribution in [1.82, 2.24) is 20.4 Å². The highest BCUT2D eigenvalue weighted by Gasteiger charge is 2.35. The molecule has 0 radical (unpaired) electrons. The summed E-state index contributed by atoms with van der Waals surface area (Å²) in [4.78, 5) is 19.3. The second-order valence-electron chi connectivity index (χ2n) is 7.59. The van der Waals surface area contributed by atoms with Crippen LogP contribution in [0.15, 0.2) is 58.8 Å². The Balaban J connectivity index is 1.78. The van der Waals surface area contributed by atoms with Gasteiger partial charge in [0.25, 0.3) is 5.89 Å². The standard InChI is InChI=1S/C24H25ClN4O3/c1-4-5-13-29-15(2)20(21(26-24(29)30)17-7-6-8-18(25)14-17)23-27-22(28-32-23)16-9-11-19(31-3)12-10-16/h6-12,14,21H,4-5,13H2,1-3H3,(H,26,30). The number of ether oxygens (including phenoxy) is 1. The fourth-order valence-corrected chi connectivity index (χ4v) is 3.97. The van der Waals surface area contributed by atoms with Crippen LogP contribution >= 0.6 is 11.6 Å². The molecule has 1 aliphatic rings. The van der Waals surface area contributed by atoms with Gasteiger partial charge in [0.2, 0.25) is 5.82 Å². The Kier molecular flexibility index (Phi) is 6.46. The number of hydrogen-bond acceptors (Lipinski definition) is 5. The maximum absolute atomic E-state index is 12.9. The molecule has 1 aliphatic heterocycles. The molecule has 8 heteroatoms. The Bertz CT molecular complexity index is 1140. The first-order chi connectivity index (χ1) is 15.5. The minimum Gasteiger partial charge on any atom is -0.497 e. The number of methoxy groups -OCH3 is 1. The first-order valence-electron chi connectivity index (χ1n) is 10.5. The molecule has 0 fully saturated rings. The number of carbonyl (C=O) groups is 1. The van der Waals surface area contributed by atoms with Crippen LogP contribution in [0, 0.1) is 0 Å². The van der Waals surface area contributed by atoms with Crippen LogP contribution in [0.4, 0.5) is 4.79 Å². The topological polar surface area (TPSA) is 80.5 Å². The summed E-state index contributed by atoms with van der Waals surface area (Å²) in [6.45, 7) is 4.62. The van der Waals surface area contributed by atoms with Crippen LogP contribution in [0.3, 0.4) is 0 Å². The zero-order valence-corrected chi connectivity index (χ0v) is 19.0. The van der Waals surface area contributed by atoms with Crippen molar-refractivity contribution in [1.29, 1.82) is 0 Å².